The molecule has 2 rings (SSSR count). The highest BCUT2D eigenvalue weighted by atomic mass is 16.5. The van der Waals surface area contributed by atoms with Crippen LogP contribution in [-0.2, 0) is 14.3 Å². The number of ether oxygens (including phenoxy) is 2. The van der Waals surface area contributed by atoms with Gasteiger partial charge < -0.3 is 19.8 Å². The number of esters is 2. The summed E-state index contributed by atoms with van der Waals surface area (Å²) in [5.74, 6) is -2.22. The van der Waals surface area contributed by atoms with Crippen LogP contribution >= 0.6 is 0 Å². The maximum absolute atomic E-state index is 12.6. The number of aromatic amines is 1. The molecule has 1 amide bonds. The number of hydrogen-bond donors (Lipinski definition) is 2. The molecule has 0 saturated heterocycles. The zero-order chi connectivity index (χ0) is 20.8. The minimum atomic E-state index is -1.09. The van der Waals surface area contributed by atoms with Crippen LogP contribution in [0.15, 0.2) is 30.3 Å². The number of rotatable bonds is 7. The normalized spacial score (nSPS) is 11.4. The van der Waals surface area contributed by atoms with E-state index in [1.165, 1.54) is 14.0 Å². The zero-order valence-electron chi connectivity index (χ0n) is 16.1. The summed E-state index contributed by atoms with van der Waals surface area (Å²) in [6, 6.07) is 8.41. The molecule has 1 aromatic carbocycles. The first-order valence-corrected chi connectivity index (χ1v) is 8.60. The van der Waals surface area contributed by atoms with Crippen LogP contribution in [0.4, 0.5) is 0 Å². The van der Waals surface area contributed by atoms with Gasteiger partial charge in [0.2, 0.25) is 5.78 Å². The number of benzene rings is 1. The Morgan fingerprint density at radius 3 is 2.36 bits per heavy atom. The van der Waals surface area contributed by atoms with E-state index in [4.69, 9.17) is 9.47 Å². The molecular formula is C20H22N2O6. The van der Waals surface area contributed by atoms with E-state index in [1.54, 1.807) is 44.2 Å². The van der Waals surface area contributed by atoms with Gasteiger partial charge in [0.1, 0.15) is 6.54 Å². The molecule has 148 valence electrons. The third-order valence-electron chi connectivity index (χ3n) is 4.18. The number of amides is 1. The van der Waals surface area contributed by atoms with Gasteiger partial charge in [0.25, 0.3) is 5.91 Å². The van der Waals surface area contributed by atoms with Crippen molar-refractivity contribution in [3.05, 3.63) is 58.4 Å². The summed E-state index contributed by atoms with van der Waals surface area (Å²) in [4.78, 5) is 51.2. The summed E-state index contributed by atoms with van der Waals surface area (Å²) in [5, 5.41) is 2.44. The Morgan fingerprint density at radius 2 is 1.75 bits per heavy atom. The van der Waals surface area contributed by atoms with Gasteiger partial charge in [-0.25, -0.2) is 4.79 Å². The summed E-state index contributed by atoms with van der Waals surface area (Å²) in [7, 11) is 1.25. The Kier molecular flexibility index (Phi) is 6.70. The van der Waals surface area contributed by atoms with E-state index in [-0.39, 0.29) is 17.8 Å². The van der Waals surface area contributed by atoms with Gasteiger partial charge in [-0.2, -0.15) is 0 Å². The number of carbonyl (C=O) groups excluding carboxylic acids is 4. The molecule has 0 radical (unpaired) electrons. The highest BCUT2D eigenvalue weighted by molar-refractivity contribution is 6.04. The molecule has 0 saturated carbocycles. The number of aromatic nitrogens is 1. The molecule has 2 aromatic rings. The first kappa shape index (κ1) is 20.9. The van der Waals surface area contributed by atoms with Crippen LogP contribution in [0, 0.1) is 13.8 Å². The minimum Gasteiger partial charge on any atom is -0.465 e. The summed E-state index contributed by atoms with van der Waals surface area (Å²) < 4.78 is 9.82. The van der Waals surface area contributed by atoms with Gasteiger partial charge >= 0.3 is 11.9 Å². The molecule has 1 aromatic heterocycles. The van der Waals surface area contributed by atoms with Gasteiger partial charge in [0.15, 0.2) is 6.10 Å². The smallest absolute Gasteiger partial charge is 0.339 e. The number of aryl methyl sites for hydroxylation is 1. The molecule has 0 fully saturated rings. The number of Topliss-reactive ketones (excluding diaryl/α,β-unsaturated/α-hetero) is 1. The third kappa shape index (κ3) is 4.64. The van der Waals surface area contributed by atoms with Crippen molar-refractivity contribution in [2.75, 3.05) is 13.7 Å². The summed E-state index contributed by atoms with van der Waals surface area (Å²) in [5.41, 5.74) is 1.77. The molecule has 8 nitrogen and oxygen atoms in total. The largest absolute Gasteiger partial charge is 0.465 e. The second-order valence-corrected chi connectivity index (χ2v) is 6.16. The molecule has 1 atom stereocenters. The molecular weight excluding hydrogens is 364 g/mol. The van der Waals surface area contributed by atoms with Crippen LogP contribution < -0.4 is 5.32 Å². The first-order chi connectivity index (χ1) is 13.3. The van der Waals surface area contributed by atoms with Gasteiger partial charge in [0, 0.05) is 11.3 Å². The van der Waals surface area contributed by atoms with Gasteiger partial charge in [0.05, 0.1) is 18.4 Å². The second kappa shape index (κ2) is 8.98. The van der Waals surface area contributed by atoms with E-state index in [9.17, 15) is 19.2 Å². The van der Waals surface area contributed by atoms with Crippen molar-refractivity contribution < 1.29 is 28.7 Å². The highest BCUT2D eigenvalue weighted by Crippen LogP contribution is 2.20. The molecule has 2 N–H and O–H groups in total. The summed E-state index contributed by atoms with van der Waals surface area (Å²) in [6.07, 6.45) is -1.09. The molecule has 8 heteroatoms. The van der Waals surface area contributed by atoms with E-state index in [0.29, 0.717) is 16.8 Å². The van der Waals surface area contributed by atoms with Gasteiger partial charge in [-0.1, -0.05) is 18.2 Å². The second-order valence-electron chi connectivity index (χ2n) is 6.16. The molecule has 1 heterocycles. The van der Waals surface area contributed by atoms with Crippen LogP contribution in [0.1, 0.15) is 49.4 Å². The average Bonchev–Trinajstić information content (AvgIpc) is 2.99. The maximum Gasteiger partial charge on any atom is 0.339 e. The predicted molar refractivity (Wildman–Crippen MR) is 100 cm³/mol. The molecule has 0 bridgehead atoms. The number of hydrogen-bond acceptors (Lipinski definition) is 6. The van der Waals surface area contributed by atoms with Crippen LogP contribution in [-0.4, -0.2) is 48.4 Å². The average molecular weight is 386 g/mol. The Morgan fingerprint density at radius 1 is 1.11 bits per heavy atom. The fraction of sp³-hybridized carbons (Fsp3) is 0.300. The lowest BCUT2D eigenvalue weighted by Gasteiger charge is -2.12. The summed E-state index contributed by atoms with van der Waals surface area (Å²) in [6.45, 7) is 4.30. The van der Waals surface area contributed by atoms with Gasteiger partial charge in [-0.05, 0) is 38.5 Å². The lowest BCUT2D eigenvalue weighted by atomic mass is 10.1. The van der Waals surface area contributed by atoms with Crippen molar-refractivity contribution in [2.45, 2.75) is 26.9 Å². The van der Waals surface area contributed by atoms with Crippen molar-refractivity contribution in [3.63, 3.8) is 0 Å². The lowest BCUT2D eigenvalue weighted by molar-refractivity contribution is -0.145. The molecule has 0 aliphatic carbocycles. The minimum absolute atomic E-state index is 0.173. The first-order valence-electron chi connectivity index (χ1n) is 8.60. The third-order valence-corrected chi connectivity index (χ3v) is 4.18. The fourth-order valence-corrected chi connectivity index (χ4v) is 2.74. The number of nitrogens with one attached hydrogen (secondary N) is 2. The van der Waals surface area contributed by atoms with Crippen molar-refractivity contribution in [2.24, 2.45) is 0 Å². The van der Waals surface area contributed by atoms with Crippen LogP contribution in [0.3, 0.4) is 0 Å². The number of ketones is 1. The SMILES string of the molecule is COC(=O)c1c(C)[nH]c(C(=O)[C@H](C)OC(=O)CNC(=O)c2ccccc2)c1C. The van der Waals surface area contributed by atoms with Crippen molar-refractivity contribution >= 4 is 23.6 Å². The molecule has 0 spiro atoms. The maximum atomic E-state index is 12.6. The van der Waals surface area contributed by atoms with Crippen LogP contribution in [0.2, 0.25) is 0 Å². The predicted octanol–water partition coefficient (Wildman–Crippen LogP) is 1.96. The fourth-order valence-electron chi connectivity index (χ4n) is 2.74. The van der Waals surface area contributed by atoms with E-state index >= 15 is 0 Å². The molecule has 0 aliphatic heterocycles. The quantitative estimate of drug-likeness (QED) is 0.555. The molecule has 28 heavy (non-hydrogen) atoms. The number of carbonyl (C=O) groups is 4. The number of methoxy groups -OCH3 is 1. The topological polar surface area (TPSA) is 115 Å². The Bertz CT molecular complexity index is 901. The van der Waals surface area contributed by atoms with E-state index in [1.807, 2.05) is 0 Å². The van der Waals surface area contributed by atoms with Crippen molar-refractivity contribution in [1.29, 1.82) is 0 Å². The van der Waals surface area contributed by atoms with Gasteiger partial charge in [-0.3, -0.25) is 14.4 Å². The molecule has 0 aliphatic rings. The van der Waals surface area contributed by atoms with Gasteiger partial charge in [-0.15, -0.1) is 0 Å². The van der Waals surface area contributed by atoms with Crippen LogP contribution in [0.25, 0.3) is 0 Å². The summed E-state index contributed by atoms with van der Waals surface area (Å²) >= 11 is 0. The Labute approximate surface area is 162 Å². The Hall–Kier alpha value is -3.42. The molecule has 0 unspecified atom stereocenters. The van der Waals surface area contributed by atoms with Crippen molar-refractivity contribution in [1.82, 2.24) is 10.3 Å². The number of H-pyrrole nitrogens is 1. The highest BCUT2D eigenvalue weighted by Gasteiger charge is 2.27. The standard InChI is InChI=1S/C20H22N2O6/c1-11-16(20(26)27-4)12(2)22-17(11)18(24)13(3)28-15(23)10-21-19(25)14-8-6-5-7-9-14/h5-9,13,22H,10H2,1-4H3,(H,21,25)/t13-/m0/s1. The lowest BCUT2D eigenvalue weighted by Crippen LogP contribution is -2.34. The van der Waals surface area contributed by atoms with Crippen LogP contribution in [0.5, 0.6) is 0 Å². The monoisotopic (exact) mass is 386 g/mol. The van der Waals surface area contributed by atoms with E-state index in [2.05, 4.69) is 10.3 Å². The zero-order valence-corrected chi connectivity index (χ0v) is 16.1. The Balaban J connectivity index is 1.98. The van der Waals surface area contributed by atoms with E-state index in [0.717, 1.165) is 0 Å². The van der Waals surface area contributed by atoms with E-state index < -0.39 is 29.7 Å². The van der Waals surface area contributed by atoms with Crippen molar-refractivity contribution in [3.8, 4) is 0 Å².